The Hall–Kier alpha value is -2.89. The number of pyridine rings is 1. The average Bonchev–Trinajstić information content (AvgIpc) is 2.46. The van der Waals surface area contributed by atoms with Gasteiger partial charge in [-0.25, -0.2) is 9.78 Å². The van der Waals surface area contributed by atoms with Gasteiger partial charge < -0.3 is 16.2 Å². The Morgan fingerprint density at radius 2 is 1.87 bits per heavy atom. The largest absolute Gasteiger partial charge is 0.456 e. The summed E-state index contributed by atoms with van der Waals surface area (Å²) in [4.78, 5) is 19.1. The first-order valence-electron chi connectivity index (χ1n) is 7.20. The van der Waals surface area contributed by atoms with Crippen molar-refractivity contribution < 1.29 is 14.5 Å². The van der Waals surface area contributed by atoms with E-state index in [1.807, 2.05) is 39.0 Å². The molecule has 0 spiro atoms. The van der Waals surface area contributed by atoms with E-state index < -0.39 is 5.60 Å². The molecule has 0 fully saturated rings. The molecular formula is C17H21N4O2+. The zero-order valence-electron chi connectivity index (χ0n) is 13.5. The summed E-state index contributed by atoms with van der Waals surface area (Å²) in [5.41, 5.74) is 12.4. The summed E-state index contributed by atoms with van der Waals surface area (Å²) in [6.45, 7) is 5.52. The number of aromatic amines is 1. The number of H-pyrrole nitrogens is 1. The van der Waals surface area contributed by atoms with Crippen LogP contribution in [0.3, 0.4) is 0 Å². The van der Waals surface area contributed by atoms with Crippen LogP contribution < -0.4 is 16.5 Å². The van der Waals surface area contributed by atoms with Gasteiger partial charge in [0, 0.05) is 11.6 Å². The number of ether oxygens (including phenoxy) is 1. The van der Waals surface area contributed by atoms with Gasteiger partial charge in [-0.3, -0.25) is 0 Å². The van der Waals surface area contributed by atoms with Crippen LogP contribution in [0.5, 0.6) is 0 Å². The Bertz CT molecular complexity index is 727. The Balaban J connectivity index is 2.26. The molecule has 1 heterocycles. The number of hydrogen-bond donors (Lipinski definition) is 2. The number of benzene rings is 1. The molecule has 0 aliphatic heterocycles. The van der Waals surface area contributed by atoms with Crippen molar-refractivity contribution in [2.45, 2.75) is 26.4 Å². The molecule has 5 N–H and O–H groups in total. The molecule has 6 nitrogen and oxygen atoms in total. The van der Waals surface area contributed by atoms with Crippen LogP contribution in [0.1, 0.15) is 31.1 Å². The second-order valence-corrected chi connectivity index (χ2v) is 6.08. The lowest BCUT2D eigenvalue weighted by Crippen LogP contribution is -2.23. The summed E-state index contributed by atoms with van der Waals surface area (Å²) in [7, 11) is 0. The van der Waals surface area contributed by atoms with Gasteiger partial charge in [-0.05, 0) is 49.5 Å². The molecule has 0 saturated heterocycles. The van der Waals surface area contributed by atoms with Crippen LogP contribution in [0.15, 0.2) is 47.6 Å². The standard InChI is InChI=1S/C17H20N4O2/c1-17(2,3)23-15(22)12-6-4-5-11(9-12)13-7-8-14(20-10-13)21-16(18)19/h4-10H,1-3H3,(H4,18,19,20,21)/p+1. The summed E-state index contributed by atoms with van der Waals surface area (Å²) in [6, 6.07) is 10.9. The van der Waals surface area contributed by atoms with Gasteiger partial charge in [-0.2, -0.15) is 0 Å². The van der Waals surface area contributed by atoms with Crippen molar-refractivity contribution >= 4 is 17.7 Å². The van der Waals surface area contributed by atoms with Crippen LogP contribution in [-0.2, 0) is 4.74 Å². The number of aliphatic imine (C=N–C) groups is 1. The van der Waals surface area contributed by atoms with E-state index in [4.69, 9.17) is 16.2 Å². The molecule has 2 aromatic rings. The lowest BCUT2D eigenvalue weighted by Gasteiger charge is -2.19. The molecule has 1 aromatic carbocycles. The van der Waals surface area contributed by atoms with E-state index in [-0.39, 0.29) is 11.9 Å². The number of carbonyl (C=O) groups excluding carboxylic acids is 1. The molecule has 0 atom stereocenters. The fourth-order valence-electron chi connectivity index (χ4n) is 1.97. The number of aromatic nitrogens is 1. The topological polar surface area (TPSA) is 105 Å². The minimum atomic E-state index is -0.525. The van der Waals surface area contributed by atoms with Gasteiger partial charge in [0.05, 0.1) is 11.8 Å². The van der Waals surface area contributed by atoms with E-state index in [0.29, 0.717) is 11.4 Å². The van der Waals surface area contributed by atoms with Crippen molar-refractivity contribution in [1.29, 1.82) is 0 Å². The zero-order chi connectivity index (χ0) is 17.0. The molecule has 0 unspecified atom stereocenters. The number of rotatable bonds is 3. The van der Waals surface area contributed by atoms with Crippen LogP contribution in [-0.4, -0.2) is 17.5 Å². The van der Waals surface area contributed by atoms with Crippen LogP contribution in [0.2, 0.25) is 0 Å². The molecule has 120 valence electrons. The first kappa shape index (κ1) is 16.5. The fraction of sp³-hybridized carbons (Fsp3) is 0.235. The summed E-state index contributed by atoms with van der Waals surface area (Å²) >= 11 is 0. The highest BCUT2D eigenvalue weighted by Gasteiger charge is 2.18. The van der Waals surface area contributed by atoms with Gasteiger partial charge in [0.1, 0.15) is 5.60 Å². The second kappa shape index (κ2) is 6.48. The second-order valence-electron chi connectivity index (χ2n) is 6.08. The van der Waals surface area contributed by atoms with Crippen molar-refractivity contribution in [2.24, 2.45) is 16.5 Å². The van der Waals surface area contributed by atoms with E-state index in [9.17, 15) is 4.79 Å². The summed E-state index contributed by atoms with van der Waals surface area (Å²) in [5, 5.41) is 0. The van der Waals surface area contributed by atoms with E-state index in [1.54, 1.807) is 24.4 Å². The third-order valence-electron chi connectivity index (χ3n) is 2.88. The SMILES string of the molecule is CC(C)(C)OC(=O)c1cccc(-c2ccc(N=C(N)N)[nH+]c2)c1. The fourth-order valence-corrected chi connectivity index (χ4v) is 1.97. The molecule has 2 rings (SSSR count). The number of nitrogens with two attached hydrogens (primary N) is 2. The molecule has 0 amide bonds. The van der Waals surface area contributed by atoms with E-state index in [2.05, 4.69) is 9.98 Å². The van der Waals surface area contributed by atoms with Gasteiger partial charge in [0.15, 0.2) is 0 Å². The van der Waals surface area contributed by atoms with Crippen molar-refractivity contribution in [3.05, 3.63) is 48.2 Å². The minimum Gasteiger partial charge on any atom is -0.456 e. The number of carbonyl (C=O) groups is 1. The van der Waals surface area contributed by atoms with Crippen LogP contribution >= 0.6 is 0 Å². The Morgan fingerprint density at radius 1 is 1.13 bits per heavy atom. The summed E-state index contributed by atoms with van der Waals surface area (Å²) in [5.74, 6) is 0.193. The van der Waals surface area contributed by atoms with Gasteiger partial charge in [-0.15, -0.1) is 0 Å². The average molecular weight is 313 g/mol. The first-order valence-corrected chi connectivity index (χ1v) is 7.20. The first-order chi connectivity index (χ1) is 10.7. The van der Waals surface area contributed by atoms with Gasteiger partial charge in [0.2, 0.25) is 0 Å². The maximum atomic E-state index is 12.1. The molecule has 0 radical (unpaired) electrons. The van der Waals surface area contributed by atoms with E-state index in [0.717, 1.165) is 11.1 Å². The highest BCUT2D eigenvalue weighted by Crippen LogP contribution is 2.21. The quantitative estimate of drug-likeness (QED) is 0.514. The summed E-state index contributed by atoms with van der Waals surface area (Å²) in [6.07, 6.45) is 1.77. The maximum Gasteiger partial charge on any atom is 0.338 e. The van der Waals surface area contributed by atoms with Crippen molar-refractivity contribution in [3.63, 3.8) is 0 Å². The molecule has 0 aliphatic carbocycles. The van der Waals surface area contributed by atoms with Crippen molar-refractivity contribution in [3.8, 4) is 11.1 Å². The van der Waals surface area contributed by atoms with Crippen LogP contribution in [0, 0.1) is 0 Å². The number of guanidine groups is 1. The Kier molecular flexibility index (Phi) is 4.64. The molecule has 1 aromatic heterocycles. The monoisotopic (exact) mass is 313 g/mol. The van der Waals surface area contributed by atoms with Crippen molar-refractivity contribution in [1.82, 2.24) is 0 Å². The smallest absolute Gasteiger partial charge is 0.338 e. The van der Waals surface area contributed by atoms with Crippen molar-refractivity contribution in [2.75, 3.05) is 0 Å². The zero-order valence-corrected chi connectivity index (χ0v) is 13.5. The number of hydrogen-bond acceptors (Lipinski definition) is 3. The molecular weight excluding hydrogens is 292 g/mol. The van der Waals surface area contributed by atoms with E-state index >= 15 is 0 Å². The molecule has 0 saturated carbocycles. The number of esters is 1. The Morgan fingerprint density at radius 3 is 2.43 bits per heavy atom. The third-order valence-corrected chi connectivity index (χ3v) is 2.88. The highest BCUT2D eigenvalue weighted by atomic mass is 16.6. The molecule has 6 heteroatoms. The predicted octanol–water partition coefficient (Wildman–Crippen LogP) is 2.03. The summed E-state index contributed by atoms with van der Waals surface area (Å²) < 4.78 is 5.39. The lowest BCUT2D eigenvalue weighted by molar-refractivity contribution is -0.361. The van der Waals surface area contributed by atoms with Gasteiger partial charge >= 0.3 is 17.7 Å². The molecule has 0 aliphatic rings. The third kappa shape index (κ3) is 4.81. The Labute approximate surface area is 135 Å². The lowest BCUT2D eigenvalue weighted by atomic mass is 10.0. The normalized spacial score (nSPS) is 10.9. The number of nitrogens with one attached hydrogen (secondary N) is 1. The highest BCUT2D eigenvalue weighted by molar-refractivity contribution is 5.91. The molecule has 0 bridgehead atoms. The van der Waals surface area contributed by atoms with Crippen LogP contribution in [0.4, 0.5) is 5.82 Å². The predicted molar refractivity (Wildman–Crippen MR) is 89.1 cm³/mol. The van der Waals surface area contributed by atoms with Gasteiger partial charge in [0.25, 0.3) is 0 Å². The number of nitrogens with zero attached hydrogens (tertiary/aromatic N) is 1. The minimum absolute atomic E-state index is 0.0130. The van der Waals surface area contributed by atoms with E-state index in [1.165, 1.54) is 0 Å². The van der Waals surface area contributed by atoms with Crippen LogP contribution in [0.25, 0.3) is 11.1 Å². The van der Waals surface area contributed by atoms with Gasteiger partial charge in [-0.1, -0.05) is 12.1 Å². The maximum absolute atomic E-state index is 12.1. The molecule has 23 heavy (non-hydrogen) atoms.